The monoisotopic (exact) mass is 362 g/mol. The Morgan fingerprint density at radius 2 is 1.80 bits per heavy atom. The molecule has 5 nitrogen and oxygen atoms in total. The molecule has 1 amide bonds. The number of ether oxygens (including phenoxy) is 2. The van der Waals surface area contributed by atoms with Crippen molar-refractivity contribution < 1.29 is 14.3 Å². The molecule has 2 aromatic carbocycles. The minimum atomic E-state index is -0.161. The Bertz CT molecular complexity index is 778. The maximum atomic E-state index is 12.5. The highest BCUT2D eigenvalue weighted by Crippen LogP contribution is 2.35. The fourth-order valence-electron chi connectivity index (χ4n) is 2.58. The quantitative estimate of drug-likeness (QED) is 0.842. The summed E-state index contributed by atoms with van der Waals surface area (Å²) in [6, 6.07) is 9.43. The van der Waals surface area contributed by atoms with Crippen molar-refractivity contribution in [1.82, 2.24) is 0 Å². The van der Waals surface area contributed by atoms with Crippen LogP contribution < -0.4 is 19.7 Å². The molecule has 0 aliphatic rings. The molecule has 0 saturated heterocycles. The summed E-state index contributed by atoms with van der Waals surface area (Å²) in [4.78, 5) is 14.4. The maximum Gasteiger partial charge on any atom is 0.243 e. The first-order valence-electron chi connectivity index (χ1n) is 7.85. The molecule has 0 unspecified atom stereocenters. The third-order valence-electron chi connectivity index (χ3n) is 3.90. The van der Waals surface area contributed by atoms with Gasteiger partial charge in [0.05, 0.1) is 31.5 Å². The number of halogens is 1. The van der Waals surface area contributed by atoms with Crippen LogP contribution in [-0.4, -0.2) is 33.7 Å². The number of benzene rings is 2. The maximum absolute atomic E-state index is 12.5. The van der Waals surface area contributed by atoms with Crippen LogP contribution in [0, 0.1) is 13.8 Å². The molecule has 0 atom stereocenters. The highest BCUT2D eigenvalue weighted by Gasteiger charge is 2.15. The molecular formula is C19H23ClN2O3. The van der Waals surface area contributed by atoms with E-state index in [0.29, 0.717) is 22.2 Å². The second kappa shape index (κ2) is 8.12. The SMILES string of the molecule is COc1cc(NC(=O)CN(C)c2cc(C)ccc2C)c(OC)cc1Cl. The summed E-state index contributed by atoms with van der Waals surface area (Å²) in [6.45, 7) is 4.26. The van der Waals surface area contributed by atoms with Crippen LogP contribution in [0.3, 0.4) is 0 Å². The van der Waals surface area contributed by atoms with Crippen LogP contribution in [0.15, 0.2) is 30.3 Å². The van der Waals surface area contributed by atoms with Crippen LogP contribution in [0.2, 0.25) is 5.02 Å². The number of methoxy groups -OCH3 is 2. The van der Waals surface area contributed by atoms with Crippen molar-refractivity contribution in [1.29, 1.82) is 0 Å². The van der Waals surface area contributed by atoms with E-state index >= 15 is 0 Å². The molecule has 0 heterocycles. The number of likely N-dealkylation sites (N-methyl/N-ethyl adjacent to an activating group) is 1. The molecule has 0 bridgehead atoms. The van der Waals surface area contributed by atoms with Gasteiger partial charge in [-0.25, -0.2) is 0 Å². The standard InChI is InChI=1S/C19H23ClN2O3/c1-12-6-7-13(2)16(8-12)22(3)11-19(23)21-15-10-17(24-4)14(20)9-18(15)25-5/h6-10H,11H2,1-5H3,(H,21,23). The normalized spacial score (nSPS) is 10.3. The zero-order valence-corrected chi connectivity index (χ0v) is 15.9. The lowest BCUT2D eigenvalue weighted by Gasteiger charge is -2.22. The Kier molecular flexibility index (Phi) is 6.15. The van der Waals surface area contributed by atoms with Crippen molar-refractivity contribution in [3.63, 3.8) is 0 Å². The molecule has 2 rings (SSSR count). The van der Waals surface area contributed by atoms with Gasteiger partial charge in [-0.1, -0.05) is 23.7 Å². The molecule has 0 aromatic heterocycles. The molecule has 0 saturated carbocycles. The van der Waals surface area contributed by atoms with Crippen LogP contribution in [0.4, 0.5) is 11.4 Å². The van der Waals surface area contributed by atoms with Crippen molar-refractivity contribution in [3.8, 4) is 11.5 Å². The van der Waals surface area contributed by atoms with Crippen molar-refractivity contribution in [2.24, 2.45) is 0 Å². The van der Waals surface area contributed by atoms with E-state index in [9.17, 15) is 4.79 Å². The average molecular weight is 363 g/mol. The summed E-state index contributed by atoms with van der Waals surface area (Å²) in [5.41, 5.74) is 3.81. The zero-order chi connectivity index (χ0) is 18.6. The largest absolute Gasteiger partial charge is 0.495 e. The van der Waals surface area contributed by atoms with Gasteiger partial charge in [0.1, 0.15) is 11.5 Å². The van der Waals surface area contributed by atoms with E-state index in [1.807, 2.05) is 31.9 Å². The summed E-state index contributed by atoms with van der Waals surface area (Å²) in [6.07, 6.45) is 0. The minimum absolute atomic E-state index is 0.161. The van der Waals surface area contributed by atoms with Crippen molar-refractivity contribution in [2.45, 2.75) is 13.8 Å². The fourth-order valence-corrected chi connectivity index (χ4v) is 2.81. The van der Waals surface area contributed by atoms with Gasteiger partial charge in [-0.2, -0.15) is 0 Å². The number of carbonyl (C=O) groups is 1. The van der Waals surface area contributed by atoms with E-state index in [2.05, 4.69) is 17.4 Å². The van der Waals surface area contributed by atoms with E-state index in [1.165, 1.54) is 14.2 Å². The molecule has 25 heavy (non-hydrogen) atoms. The van der Waals surface area contributed by atoms with Crippen LogP contribution in [-0.2, 0) is 4.79 Å². The van der Waals surface area contributed by atoms with E-state index in [4.69, 9.17) is 21.1 Å². The van der Waals surface area contributed by atoms with E-state index in [1.54, 1.807) is 12.1 Å². The lowest BCUT2D eigenvalue weighted by atomic mass is 10.1. The van der Waals surface area contributed by atoms with Gasteiger partial charge in [-0.05, 0) is 31.0 Å². The smallest absolute Gasteiger partial charge is 0.243 e. The Hall–Kier alpha value is -2.40. The second-order valence-electron chi connectivity index (χ2n) is 5.88. The van der Waals surface area contributed by atoms with Crippen LogP contribution >= 0.6 is 11.6 Å². The highest BCUT2D eigenvalue weighted by atomic mass is 35.5. The third kappa shape index (κ3) is 4.57. The highest BCUT2D eigenvalue weighted by molar-refractivity contribution is 6.32. The van der Waals surface area contributed by atoms with Gasteiger partial charge in [-0.15, -0.1) is 0 Å². The number of aryl methyl sites for hydroxylation is 2. The molecule has 0 aliphatic heterocycles. The number of hydrogen-bond acceptors (Lipinski definition) is 4. The summed E-state index contributed by atoms with van der Waals surface area (Å²) < 4.78 is 10.5. The first-order valence-corrected chi connectivity index (χ1v) is 8.23. The fraction of sp³-hybridized carbons (Fsp3) is 0.316. The lowest BCUT2D eigenvalue weighted by Crippen LogP contribution is -2.30. The summed E-state index contributed by atoms with van der Waals surface area (Å²) in [7, 11) is 4.94. The van der Waals surface area contributed by atoms with E-state index in [-0.39, 0.29) is 12.5 Å². The molecule has 0 fully saturated rings. The zero-order valence-electron chi connectivity index (χ0n) is 15.1. The van der Waals surface area contributed by atoms with Gasteiger partial charge in [0.2, 0.25) is 5.91 Å². The number of nitrogens with one attached hydrogen (secondary N) is 1. The van der Waals surface area contributed by atoms with Gasteiger partial charge in [0.15, 0.2) is 0 Å². The Labute approximate surface area is 153 Å². The van der Waals surface area contributed by atoms with Gasteiger partial charge >= 0.3 is 0 Å². The van der Waals surface area contributed by atoms with E-state index < -0.39 is 0 Å². The topological polar surface area (TPSA) is 50.8 Å². The van der Waals surface area contributed by atoms with E-state index in [0.717, 1.165) is 16.8 Å². The number of rotatable bonds is 6. The summed E-state index contributed by atoms with van der Waals surface area (Å²) >= 11 is 6.09. The van der Waals surface area contributed by atoms with Crippen LogP contribution in [0.25, 0.3) is 0 Å². The minimum Gasteiger partial charge on any atom is -0.495 e. The number of carbonyl (C=O) groups excluding carboxylic acids is 1. The molecule has 6 heteroatoms. The Morgan fingerprint density at radius 1 is 1.12 bits per heavy atom. The average Bonchev–Trinajstić information content (AvgIpc) is 2.57. The molecule has 0 radical (unpaired) electrons. The Morgan fingerprint density at radius 3 is 2.44 bits per heavy atom. The summed E-state index contributed by atoms with van der Waals surface area (Å²) in [5, 5.41) is 3.28. The number of nitrogens with zero attached hydrogens (tertiary/aromatic N) is 1. The number of anilines is 2. The van der Waals surface area contributed by atoms with Crippen molar-refractivity contribution in [2.75, 3.05) is 38.0 Å². The first-order chi connectivity index (χ1) is 11.8. The van der Waals surface area contributed by atoms with Crippen molar-refractivity contribution in [3.05, 3.63) is 46.5 Å². The molecular weight excluding hydrogens is 340 g/mol. The predicted molar refractivity (Wildman–Crippen MR) is 102 cm³/mol. The van der Waals surface area contributed by atoms with Crippen LogP contribution in [0.5, 0.6) is 11.5 Å². The summed E-state index contributed by atoms with van der Waals surface area (Å²) in [5.74, 6) is 0.792. The van der Waals surface area contributed by atoms with Gasteiger partial charge in [0.25, 0.3) is 0 Å². The number of hydrogen-bond donors (Lipinski definition) is 1. The third-order valence-corrected chi connectivity index (χ3v) is 4.20. The lowest BCUT2D eigenvalue weighted by molar-refractivity contribution is -0.114. The number of amides is 1. The molecule has 1 N–H and O–H groups in total. The first kappa shape index (κ1) is 18.9. The second-order valence-corrected chi connectivity index (χ2v) is 6.29. The van der Waals surface area contributed by atoms with Crippen LogP contribution in [0.1, 0.15) is 11.1 Å². The van der Waals surface area contributed by atoms with Crippen molar-refractivity contribution >= 4 is 28.9 Å². The van der Waals surface area contributed by atoms with Gasteiger partial charge in [0, 0.05) is 24.9 Å². The molecule has 0 spiro atoms. The van der Waals surface area contributed by atoms with Gasteiger partial charge < -0.3 is 19.7 Å². The Balaban J connectivity index is 2.16. The molecule has 0 aliphatic carbocycles. The van der Waals surface area contributed by atoms with Gasteiger partial charge in [-0.3, -0.25) is 4.79 Å². The predicted octanol–water partition coefficient (Wildman–Crippen LogP) is 4.05. The molecule has 2 aromatic rings. The molecule has 134 valence electrons.